The summed E-state index contributed by atoms with van der Waals surface area (Å²) in [6.07, 6.45) is 6.27. The zero-order valence-corrected chi connectivity index (χ0v) is 15.4. The van der Waals surface area contributed by atoms with Gasteiger partial charge in [-0.3, -0.25) is 9.78 Å². The zero-order valence-electron chi connectivity index (χ0n) is 14.6. The molecule has 26 heavy (non-hydrogen) atoms. The van der Waals surface area contributed by atoms with E-state index < -0.39 is 0 Å². The zero-order chi connectivity index (χ0) is 17.8. The van der Waals surface area contributed by atoms with Gasteiger partial charge >= 0.3 is 0 Å². The molecule has 134 valence electrons. The van der Waals surface area contributed by atoms with E-state index in [9.17, 15) is 4.79 Å². The summed E-state index contributed by atoms with van der Waals surface area (Å²) in [4.78, 5) is 23.1. The Bertz CT molecular complexity index is 839. The summed E-state index contributed by atoms with van der Waals surface area (Å²) >= 11 is 1.78. The summed E-state index contributed by atoms with van der Waals surface area (Å²) in [5.41, 5.74) is 1.77. The first-order valence-corrected chi connectivity index (χ1v) is 9.88. The molecule has 0 aliphatic carbocycles. The Labute approximate surface area is 157 Å². The number of benzene rings is 1. The van der Waals surface area contributed by atoms with E-state index in [2.05, 4.69) is 33.5 Å². The third-order valence-electron chi connectivity index (χ3n) is 4.80. The van der Waals surface area contributed by atoms with E-state index >= 15 is 0 Å². The Morgan fingerprint density at radius 1 is 1.19 bits per heavy atom. The number of thiazole rings is 1. The van der Waals surface area contributed by atoms with E-state index in [1.165, 1.54) is 9.71 Å². The number of hydrogen-bond acceptors (Lipinski definition) is 5. The molecule has 1 aliphatic rings. The Morgan fingerprint density at radius 3 is 2.81 bits per heavy atom. The first kappa shape index (κ1) is 17.1. The van der Waals surface area contributed by atoms with Crippen LogP contribution in [0.1, 0.15) is 28.2 Å². The molecule has 0 atom stereocenters. The van der Waals surface area contributed by atoms with Gasteiger partial charge in [0.15, 0.2) is 0 Å². The fourth-order valence-corrected chi connectivity index (χ4v) is 4.34. The molecule has 2 aromatic heterocycles. The second-order valence-electron chi connectivity index (χ2n) is 6.59. The van der Waals surface area contributed by atoms with Crippen molar-refractivity contribution in [3.8, 4) is 0 Å². The van der Waals surface area contributed by atoms with Gasteiger partial charge in [-0.25, -0.2) is 4.98 Å². The summed E-state index contributed by atoms with van der Waals surface area (Å²) in [6.45, 7) is 2.53. The molecule has 0 saturated carbocycles. The van der Waals surface area contributed by atoms with Crippen LogP contribution in [0.3, 0.4) is 0 Å². The van der Waals surface area contributed by atoms with Crippen molar-refractivity contribution in [3.63, 3.8) is 0 Å². The van der Waals surface area contributed by atoms with Crippen LogP contribution in [0.5, 0.6) is 0 Å². The number of aromatic nitrogens is 2. The van der Waals surface area contributed by atoms with Gasteiger partial charge in [-0.2, -0.15) is 0 Å². The molecule has 1 amide bonds. The molecular formula is C20H22N4OS. The smallest absolute Gasteiger partial charge is 0.255 e. The number of para-hydroxylation sites is 1. The lowest BCUT2D eigenvalue weighted by molar-refractivity contribution is 0.0705. The highest BCUT2D eigenvalue weighted by molar-refractivity contribution is 7.18. The standard InChI is InChI=1S/C20H22N4OS/c25-20(15-4-3-10-21-14-15)24-12-8-16(9-13-24)22-11-7-19-23-17-5-1-2-6-18(17)26-19/h1-6,10,14,16,22H,7-9,11-13H2. The third kappa shape index (κ3) is 3.92. The maximum atomic E-state index is 12.4. The molecule has 1 aliphatic heterocycles. The molecule has 0 unspecified atom stereocenters. The van der Waals surface area contributed by atoms with Crippen molar-refractivity contribution >= 4 is 27.5 Å². The van der Waals surface area contributed by atoms with Crippen LogP contribution in [0.25, 0.3) is 10.2 Å². The molecule has 0 bridgehead atoms. The minimum Gasteiger partial charge on any atom is -0.338 e. The number of likely N-dealkylation sites (tertiary alicyclic amines) is 1. The number of carbonyl (C=O) groups excluding carboxylic acids is 1. The van der Waals surface area contributed by atoms with E-state index in [1.807, 2.05) is 23.1 Å². The van der Waals surface area contributed by atoms with Crippen LogP contribution in [0.4, 0.5) is 0 Å². The minimum atomic E-state index is 0.0889. The molecule has 1 saturated heterocycles. The predicted octanol–water partition coefficient (Wildman–Crippen LogP) is 3.13. The van der Waals surface area contributed by atoms with Crippen LogP contribution in [-0.2, 0) is 6.42 Å². The van der Waals surface area contributed by atoms with Crippen LogP contribution in [0.2, 0.25) is 0 Å². The third-order valence-corrected chi connectivity index (χ3v) is 5.90. The molecule has 3 aromatic rings. The number of fused-ring (bicyclic) bond motifs is 1. The SMILES string of the molecule is O=C(c1cccnc1)N1CCC(NCCc2nc3ccccc3s2)CC1. The molecule has 4 rings (SSSR count). The molecule has 1 fully saturated rings. The Morgan fingerprint density at radius 2 is 2.04 bits per heavy atom. The number of piperidine rings is 1. The van der Waals surface area contributed by atoms with Gasteiger partial charge in [0.05, 0.1) is 20.8 Å². The van der Waals surface area contributed by atoms with Gasteiger partial charge in [0.2, 0.25) is 0 Å². The number of pyridine rings is 1. The van der Waals surface area contributed by atoms with Crippen molar-refractivity contribution in [1.82, 2.24) is 20.2 Å². The van der Waals surface area contributed by atoms with E-state index in [1.54, 1.807) is 23.7 Å². The molecule has 1 aromatic carbocycles. The van der Waals surface area contributed by atoms with E-state index in [-0.39, 0.29) is 5.91 Å². The number of amides is 1. The van der Waals surface area contributed by atoms with E-state index in [0.717, 1.165) is 44.4 Å². The molecule has 0 spiro atoms. The Balaban J connectivity index is 1.23. The predicted molar refractivity (Wildman–Crippen MR) is 104 cm³/mol. The van der Waals surface area contributed by atoms with Crippen molar-refractivity contribution < 1.29 is 4.79 Å². The first-order chi connectivity index (χ1) is 12.8. The van der Waals surface area contributed by atoms with Gasteiger partial charge < -0.3 is 10.2 Å². The maximum absolute atomic E-state index is 12.4. The Kier molecular flexibility index (Phi) is 5.22. The van der Waals surface area contributed by atoms with E-state index in [0.29, 0.717) is 11.6 Å². The van der Waals surface area contributed by atoms with Gasteiger partial charge in [0, 0.05) is 44.5 Å². The minimum absolute atomic E-state index is 0.0889. The number of nitrogens with one attached hydrogen (secondary N) is 1. The number of hydrogen-bond donors (Lipinski definition) is 1. The highest BCUT2D eigenvalue weighted by Crippen LogP contribution is 2.21. The van der Waals surface area contributed by atoms with Crippen LogP contribution in [0, 0.1) is 0 Å². The highest BCUT2D eigenvalue weighted by Gasteiger charge is 2.23. The maximum Gasteiger partial charge on any atom is 0.255 e. The van der Waals surface area contributed by atoms with Crippen molar-refractivity contribution in [2.24, 2.45) is 0 Å². The highest BCUT2D eigenvalue weighted by atomic mass is 32.1. The summed E-state index contributed by atoms with van der Waals surface area (Å²) in [6, 6.07) is 12.4. The second kappa shape index (κ2) is 7.93. The molecule has 5 nitrogen and oxygen atoms in total. The van der Waals surface area contributed by atoms with Crippen LogP contribution in [0.15, 0.2) is 48.8 Å². The number of rotatable bonds is 5. The molecule has 1 N–H and O–H groups in total. The lowest BCUT2D eigenvalue weighted by Crippen LogP contribution is -2.45. The van der Waals surface area contributed by atoms with Crippen LogP contribution >= 0.6 is 11.3 Å². The second-order valence-corrected chi connectivity index (χ2v) is 7.70. The van der Waals surface area contributed by atoms with Crippen molar-refractivity contribution in [3.05, 3.63) is 59.4 Å². The van der Waals surface area contributed by atoms with Gasteiger partial charge in [-0.1, -0.05) is 12.1 Å². The average molecular weight is 366 g/mol. The molecule has 0 radical (unpaired) electrons. The van der Waals surface area contributed by atoms with Gasteiger partial charge in [0.1, 0.15) is 0 Å². The summed E-state index contributed by atoms with van der Waals surface area (Å²) in [5.74, 6) is 0.0889. The number of carbonyl (C=O) groups is 1. The van der Waals surface area contributed by atoms with Crippen LogP contribution in [-0.4, -0.2) is 46.5 Å². The molecule has 3 heterocycles. The van der Waals surface area contributed by atoms with Gasteiger partial charge in [0.25, 0.3) is 5.91 Å². The topological polar surface area (TPSA) is 58.1 Å². The Hall–Kier alpha value is -2.31. The fourth-order valence-electron chi connectivity index (χ4n) is 3.37. The van der Waals surface area contributed by atoms with Gasteiger partial charge in [-0.15, -0.1) is 11.3 Å². The summed E-state index contributed by atoms with van der Waals surface area (Å²) in [5, 5.41) is 4.81. The van der Waals surface area contributed by atoms with Crippen molar-refractivity contribution in [1.29, 1.82) is 0 Å². The largest absolute Gasteiger partial charge is 0.338 e. The van der Waals surface area contributed by atoms with E-state index in [4.69, 9.17) is 0 Å². The molecule has 6 heteroatoms. The van der Waals surface area contributed by atoms with Crippen molar-refractivity contribution in [2.75, 3.05) is 19.6 Å². The lowest BCUT2D eigenvalue weighted by Gasteiger charge is -2.32. The average Bonchev–Trinajstić information content (AvgIpc) is 3.11. The summed E-state index contributed by atoms with van der Waals surface area (Å²) < 4.78 is 1.25. The fraction of sp³-hybridized carbons (Fsp3) is 0.350. The number of nitrogens with zero attached hydrogens (tertiary/aromatic N) is 3. The molecular weight excluding hydrogens is 344 g/mol. The lowest BCUT2D eigenvalue weighted by atomic mass is 10.0. The summed E-state index contributed by atoms with van der Waals surface area (Å²) in [7, 11) is 0. The van der Waals surface area contributed by atoms with Crippen molar-refractivity contribution in [2.45, 2.75) is 25.3 Å². The van der Waals surface area contributed by atoms with Gasteiger partial charge in [-0.05, 0) is 37.1 Å². The monoisotopic (exact) mass is 366 g/mol. The first-order valence-electron chi connectivity index (χ1n) is 9.07. The quantitative estimate of drug-likeness (QED) is 0.754. The van der Waals surface area contributed by atoms with Crippen LogP contribution < -0.4 is 5.32 Å². The normalized spacial score (nSPS) is 15.5.